The largest absolute Gasteiger partial charge is 0.302 e. The van der Waals surface area contributed by atoms with Gasteiger partial charge in [-0.25, -0.2) is 0 Å². The predicted octanol–water partition coefficient (Wildman–Crippen LogP) is 3.90. The molecule has 0 N–H and O–H groups in total. The summed E-state index contributed by atoms with van der Waals surface area (Å²) in [6.07, 6.45) is 1.86. The monoisotopic (exact) mass is 279 g/mol. The van der Waals surface area contributed by atoms with Crippen molar-refractivity contribution in [3.8, 4) is 11.4 Å². The first kappa shape index (κ1) is 13.2. The fourth-order valence-corrected chi connectivity index (χ4v) is 2.49. The lowest BCUT2D eigenvalue weighted by molar-refractivity contribution is 0.688. The van der Waals surface area contributed by atoms with Crippen LogP contribution in [-0.2, 0) is 6.54 Å². The van der Waals surface area contributed by atoms with Gasteiger partial charge < -0.3 is 4.57 Å². The number of hydrogen-bond donors (Lipinski definition) is 0. The Morgan fingerprint density at radius 2 is 2.06 bits per heavy atom. The molecule has 1 aromatic carbocycles. The van der Waals surface area contributed by atoms with E-state index in [4.69, 9.17) is 11.6 Å². The van der Waals surface area contributed by atoms with Crippen LogP contribution in [0, 0.1) is 0 Å². The van der Waals surface area contributed by atoms with E-state index >= 15 is 0 Å². The van der Waals surface area contributed by atoms with Crippen molar-refractivity contribution in [2.45, 2.75) is 18.6 Å². The molecule has 18 heavy (non-hydrogen) atoms. The van der Waals surface area contributed by atoms with Crippen LogP contribution < -0.4 is 0 Å². The quantitative estimate of drug-likeness (QED) is 0.614. The van der Waals surface area contributed by atoms with Crippen LogP contribution >= 0.6 is 23.4 Å². The Hall–Kier alpha value is -1.26. The second kappa shape index (κ2) is 6.07. The van der Waals surface area contributed by atoms with Crippen molar-refractivity contribution in [3.05, 3.63) is 41.9 Å². The highest BCUT2D eigenvalue weighted by Crippen LogP contribution is 2.24. The number of hydrogen-bond acceptors (Lipinski definition) is 3. The molecule has 0 aliphatic carbocycles. The number of rotatable bonds is 5. The highest BCUT2D eigenvalue weighted by Gasteiger charge is 2.12. The zero-order valence-corrected chi connectivity index (χ0v) is 11.7. The van der Waals surface area contributed by atoms with E-state index in [1.165, 1.54) is 0 Å². The molecule has 0 aliphatic rings. The lowest BCUT2D eigenvalue weighted by Gasteiger charge is -2.06. The molecule has 0 bridgehead atoms. The number of nitrogens with zero attached hydrogens (tertiary/aromatic N) is 3. The van der Waals surface area contributed by atoms with Gasteiger partial charge in [0.25, 0.3) is 0 Å². The minimum absolute atomic E-state index is 0.725. The molecule has 2 rings (SSSR count). The van der Waals surface area contributed by atoms with Gasteiger partial charge in [-0.3, -0.25) is 0 Å². The molecule has 2 aromatic rings. The highest BCUT2D eigenvalue weighted by molar-refractivity contribution is 7.99. The second-order valence-electron chi connectivity index (χ2n) is 3.66. The molecule has 5 heteroatoms. The lowest BCUT2D eigenvalue weighted by atomic mass is 10.2. The van der Waals surface area contributed by atoms with E-state index in [2.05, 4.69) is 28.3 Å². The van der Waals surface area contributed by atoms with Crippen LogP contribution in [0.1, 0.15) is 6.92 Å². The van der Waals surface area contributed by atoms with Crippen molar-refractivity contribution >= 4 is 23.4 Å². The first-order valence-corrected chi connectivity index (χ1v) is 7.05. The molecule has 0 radical (unpaired) electrons. The molecule has 0 amide bonds. The number of benzene rings is 1. The van der Waals surface area contributed by atoms with Gasteiger partial charge >= 0.3 is 0 Å². The smallest absolute Gasteiger partial charge is 0.191 e. The summed E-state index contributed by atoms with van der Waals surface area (Å²) in [5.41, 5.74) is 1.03. The Labute approximate surface area is 116 Å². The SMILES string of the molecule is C=CCSc1nnc(-c2ccc(Cl)cc2)n1CC. The number of thioether (sulfide) groups is 1. The average molecular weight is 280 g/mol. The van der Waals surface area contributed by atoms with E-state index in [1.54, 1.807) is 11.8 Å². The maximum atomic E-state index is 5.89. The summed E-state index contributed by atoms with van der Waals surface area (Å²) in [6.45, 7) is 6.63. The molecule has 0 saturated heterocycles. The molecule has 0 spiro atoms. The maximum Gasteiger partial charge on any atom is 0.191 e. The third-order valence-electron chi connectivity index (χ3n) is 2.47. The summed E-state index contributed by atoms with van der Waals surface area (Å²) in [7, 11) is 0. The van der Waals surface area contributed by atoms with Crippen LogP contribution in [0.4, 0.5) is 0 Å². The average Bonchev–Trinajstić information content (AvgIpc) is 2.80. The van der Waals surface area contributed by atoms with Crippen molar-refractivity contribution in [2.75, 3.05) is 5.75 Å². The minimum atomic E-state index is 0.725. The van der Waals surface area contributed by atoms with Crippen LogP contribution in [-0.4, -0.2) is 20.5 Å². The summed E-state index contributed by atoms with van der Waals surface area (Å²) in [4.78, 5) is 0. The minimum Gasteiger partial charge on any atom is -0.302 e. The van der Waals surface area contributed by atoms with E-state index in [0.29, 0.717) is 0 Å². The van der Waals surface area contributed by atoms with E-state index in [-0.39, 0.29) is 0 Å². The first-order valence-electron chi connectivity index (χ1n) is 5.69. The summed E-state index contributed by atoms with van der Waals surface area (Å²) >= 11 is 7.52. The van der Waals surface area contributed by atoms with E-state index in [9.17, 15) is 0 Å². The number of aromatic nitrogens is 3. The predicted molar refractivity (Wildman–Crippen MR) is 77.1 cm³/mol. The van der Waals surface area contributed by atoms with Gasteiger partial charge in [0.2, 0.25) is 0 Å². The molecule has 3 nitrogen and oxygen atoms in total. The van der Waals surface area contributed by atoms with Gasteiger partial charge in [-0.05, 0) is 31.2 Å². The Morgan fingerprint density at radius 3 is 2.67 bits per heavy atom. The van der Waals surface area contributed by atoms with Crippen molar-refractivity contribution in [3.63, 3.8) is 0 Å². The molecular formula is C13H14ClN3S. The van der Waals surface area contributed by atoms with Crippen molar-refractivity contribution in [2.24, 2.45) is 0 Å². The summed E-state index contributed by atoms with van der Waals surface area (Å²) in [5.74, 6) is 1.71. The summed E-state index contributed by atoms with van der Waals surface area (Å²) in [5, 5.41) is 10.1. The molecule has 0 unspecified atom stereocenters. The Morgan fingerprint density at radius 1 is 1.33 bits per heavy atom. The fourth-order valence-electron chi connectivity index (χ4n) is 1.63. The molecule has 0 saturated carbocycles. The molecule has 94 valence electrons. The molecule has 0 fully saturated rings. The maximum absolute atomic E-state index is 5.89. The van der Waals surface area contributed by atoms with Gasteiger partial charge in [0.1, 0.15) is 0 Å². The van der Waals surface area contributed by atoms with E-state index in [1.807, 2.05) is 30.3 Å². The van der Waals surface area contributed by atoms with Crippen molar-refractivity contribution in [1.82, 2.24) is 14.8 Å². The van der Waals surface area contributed by atoms with E-state index in [0.717, 1.165) is 33.9 Å². The standard InChI is InChI=1S/C13H14ClN3S/c1-3-9-18-13-16-15-12(17(13)4-2)10-5-7-11(14)8-6-10/h3,5-8H,1,4,9H2,2H3. The van der Waals surface area contributed by atoms with Crippen LogP contribution in [0.25, 0.3) is 11.4 Å². The van der Waals surface area contributed by atoms with E-state index < -0.39 is 0 Å². The van der Waals surface area contributed by atoms with Crippen molar-refractivity contribution < 1.29 is 0 Å². The Kier molecular flexibility index (Phi) is 4.44. The topological polar surface area (TPSA) is 30.7 Å². The Balaban J connectivity index is 2.35. The third-order valence-corrected chi connectivity index (χ3v) is 3.68. The van der Waals surface area contributed by atoms with Crippen LogP contribution in [0.15, 0.2) is 42.1 Å². The van der Waals surface area contributed by atoms with Crippen LogP contribution in [0.5, 0.6) is 0 Å². The molecule has 0 atom stereocenters. The molecule has 0 aliphatic heterocycles. The Bertz CT molecular complexity index is 534. The van der Waals surface area contributed by atoms with Gasteiger partial charge in [-0.1, -0.05) is 29.4 Å². The summed E-state index contributed by atoms with van der Waals surface area (Å²) < 4.78 is 2.09. The fraction of sp³-hybridized carbons (Fsp3) is 0.231. The normalized spacial score (nSPS) is 10.6. The summed E-state index contributed by atoms with van der Waals surface area (Å²) in [6, 6.07) is 7.64. The lowest BCUT2D eigenvalue weighted by Crippen LogP contribution is -1.99. The highest BCUT2D eigenvalue weighted by atomic mass is 35.5. The van der Waals surface area contributed by atoms with Crippen molar-refractivity contribution in [1.29, 1.82) is 0 Å². The zero-order chi connectivity index (χ0) is 13.0. The number of halogens is 1. The molecule has 1 aromatic heterocycles. The van der Waals surface area contributed by atoms with Gasteiger partial charge in [-0.2, -0.15) is 0 Å². The van der Waals surface area contributed by atoms with Gasteiger partial charge in [0, 0.05) is 22.9 Å². The molecular weight excluding hydrogens is 266 g/mol. The zero-order valence-electron chi connectivity index (χ0n) is 10.1. The second-order valence-corrected chi connectivity index (χ2v) is 5.08. The first-order chi connectivity index (χ1) is 8.76. The van der Waals surface area contributed by atoms with Gasteiger partial charge in [-0.15, -0.1) is 16.8 Å². The van der Waals surface area contributed by atoms with Crippen LogP contribution in [0.2, 0.25) is 5.02 Å². The van der Waals surface area contributed by atoms with Crippen LogP contribution in [0.3, 0.4) is 0 Å². The van der Waals surface area contributed by atoms with Gasteiger partial charge in [0.05, 0.1) is 0 Å². The molecule has 1 heterocycles. The van der Waals surface area contributed by atoms with Gasteiger partial charge in [0.15, 0.2) is 11.0 Å². The third kappa shape index (κ3) is 2.76.